The molecule has 0 radical (unpaired) electrons. The van der Waals surface area contributed by atoms with Gasteiger partial charge in [-0.25, -0.2) is 9.18 Å². The van der Waals surface area contributed by atoms with Crippen LogP contribution in [-0.4, -0.2) is 20.8 Å². The van der Waals surface area contributed by atoms with E-state index in [2.05, 4.69) is 15.2 Å². The number of halogens is 1. The molecule has 1 heterocycles. The van der Waals surface area contributed by atoms with Crippen molar-refractivity contribution in [1.82, 2.24) is 14.8 Å². The van der Waals surface area contributed by atoms with Gasteiger partial charge in [-0.15, -0.1) is 10.2 Å². The van der Waals surface area contributed by atoms with Gasteiger partial charge in [-0.1, -0.05) is 0 Å². The van der Waals surface area contributed by atoms with Gasteiger partial charge in [0, 0.05) is 0 Å². The van der Waals surface area contributed by atoms with Crippen LogP contribution in [0, 0.1) is 5.82 Å². The SMILES string of the molecule is O=C=Nc1cc(-n2cnnc2)ccc1F. The predicted molar refractivity (Wildman–Crippen MR) is 49.1 cm³/mol. The molecule has 15 heavy (non-hydrogen) atoms. The van der Waals surface area contributed by atoms with Crippen LogP contribution in [0.15, 0.2) is 35.8 Å². The summed E-state index contributed by atoms with van der Waals surface area (Å²) in [5, 5.41) is 7.22. The fourth-order valence-electron chi connectivity index (χ4n) is 1.13. The van der Waals surface area contributed by atoms with E-state index in [9.17, 15) is 9.18 Å². The molecule has 1 aromatic heterocycles. The summed E-state index contributed by atoms with van der Waals surface area (Å²) in [4.78, 5) is 13.3. The van der Waals surface area contributed by atoms with Crippen molar-refractivity contribution in [2.45, 2.75) is 0 Å². The summed E-state index contributed by atoms with van der Waals surface area (Å²) in [6.07, 6.45) is 4.21. The standard InChI is InChI=1S/C9H5FN4O/c10-8-2-1-7(3-9(8)11-6-15)14-4-12-13-5-14/h1-5H. The van der Waals surface area contributed by atoms with Crippen molar-refractivity contribution < 1.29 is 9.18 Å². The van der Waals surface area contributed by atoms with E-state index in [-0.39, 0.29) is 5.69 Å². The van der Waals surface area contributed by atoms with Gasteiger partial charge >= 0.3 is 0 Å². The Morgan fingerprint density at radius 2 is 2.07 bits per heavy atom. The van der Waals surface area contributed by atoms with E-state index in [1.807, 2.05) is 0 Å². The highest BCUT2D eigenvalue weighted by Gasteiger charge is 2.03. The molecular weight excluding hydrogens is 199 g/mol. The average molecular weight is 204 g/mol. The highest BCUT2D eigenvalue weighted by atomic mass is 19.1. The molecule has 0 fully saturated rings. The minimum absolute atomic E-state index is 0.0591. The first-order valence-corrected chi connectivity index (χ1v) is 4.03. The number of nitrogens with zero attached hydrogens (tertiary/aromatic N) is 4. The number of carbonyl (C=O) groups excluding carboxylic acids is 1. The van der Waals surface area contributed by atoms with Gasteiger partial charge in [0.05, 0.1) is 5.69 Å². The van der Waals surface area contributed by atoms with Gasteiger partial charge in [-0.2, -0.15) is 4.99 Å². The van der Waals surface area contributed by atoms with E-state index in [1.165, 1.54) is 36.9 Å². The van der Waals surface area contributed by atoms with Gasteiger partial charge < -0.3 is 0 Å². The number of benzene rings is 1. The molecule has 6 heteroatoms. The summed E-state index contributed by atoms with van der Waals surface area (Å²) in [7, 11) is 0. The topological polar surface area (TPSA) is 60.1 Å². The van der Waals surface area contributed by atoms with E-state index in [0.717, 1.165) is 0 Å². The van der Waals surface area contributed by atoms with Crippen LogP contribution in [-0.2, 0) is 4.79 Å². The lowest BCUT2D eigenvalue weighted by Crippen LogP contribution is -1.90. The third-order valence-corrected chi connectivity index (χ3v) is 1.81. The number of hydrogen-bond acceptors (Lipinski definition) is 4. The van der Waals surface area contributed by atoms with E-state index in [0.29, 0.717) is 5.69 Å². The molecule has 0 bridgehead atoms. The number of aliphatic imine (C=N–C) groups is 1. The molecule has 2 aromatic rings. The maximum Gasteiger partial charge on any atom is 0.240 e. The van der Waals surface area contributed by atoms with Crippen LogP contribution in [0.25, 0.3) is 5.69 Å². The summed E-state index contributed by atoms with van der Waals surface area (Å²) in [6.45, 7) is 0. The number of rotatable bonds is 2. The summed E-state index contributed by atoms with van der Waals surface area (Å²) >= 11 is 0. The third kappa shape index (κ3) is 1.79. The lowest BCUT2D eigenvalue weighted by Gasteiger charge is -2.01. The van der Waals surface area contributed by atoms with Crippen LogP contribution in [0.2, 0.25) is 0 Å². The Balaban J connectivity index is 2.52. The summed E-state index contributed by atoms with van der Waals surface area (Å²) in [5.74, 6) is -0.574. The Morgan fingerprint density at radius 3 is 2.73 bits per heavy atom. The van der Waals surface area contributed by atoms with Gasteiger partial charge in [-0.05, 0) is 18.2 Å². The van der Waals surface area contributed by atoms with E-state index in [4.69, 9.17) is 0 Å². The molecule has 0 saturated carbocycles. The van der Waals surface area contributed by atoms with Crippen molar-refractivity contribution in [2.75, 3.05) is 0 Å². The number of isocyanates is 1. The first-order valence-electron chi connectivity index (χ1n) is 4.03. The van der Waals surface area contributed by atoms with Crippen molar-refractivity contribution in [3.63, 3.8) is 0 Å². The molecule has 0 aliphatic heterocycles. The maximum absolute atomic E-state index is 13.1. The van der Waals surface area contributed by atoms with Gasteiger partial charge in [0.1, 0.15) is 24.2 Å². The summed E-state index contributed by atoms with van der Waals surface area (Å²) in [6, 6.07) is 4.15. The minimum atomic E-state index is -0.574. The number of hydrogen-bond donors (Lipinski definition) is 0. The van der Waals surface area contributed by atoms with Crippen molar-refractivity contribution in [3.8, 4) is 5.69 Å². The fourth-order valence-corrected chi connectivity index (χ4v) is 1.13. The zero-order valence-corrected chi connectivity index (χ0v) is 7.46. The van der Waals surface area contributed by atoms with Crippen molar-refractivity contribution in [3.05, 3.63) is 36.7 Å². The molecule has 74 valence electrons. The second-order valence-electron chi connectivity index (χ2n) is 2.71. The molecule has 0 N–H and O–H groups in total. The molecular formula is C9H5FN4O. The van der Waals surface area contributed by atoms with Crippen LogP contribution in [0.4, 0.5) is 10.1 Å². The first kappa shape index (κ1) is 9.23. The van der Waals surface area contributed by atoms with E-state index in [1.54, 1.807) is 4.57 Å². The van der Waals surface area contributed by atoms with Crippen molar-refractivity contribution >= 4 is 11.8 Å². The zero-order chi connectivity index (χ0) is 10.7. The summed E-state index contributed by atoms with van der Waals surface area (Å²) in [5.41, 5.74) is 0.562. The Labute approximate surface area is 83.9 Å². The average Bonchev–Trinajstić information content (AvgIpc) is 2.75. The monoisotopic (exact) mass is 204 g/mol. The van der Waals surface area contributed by atoms with Crippen molar-refractivity contribution in [1.29, 1.82) is 0 Å². The highest BCUT2D eigenvalue weighted by Crippen LogP contribution is 2.20. The number of aromatic nitrogens is 3. The lowest BCUT2D eigenvalue weighted by atomic mass is 10.2. The van der Waals surface area contributed by atoms with Gasteiger partial charge in [-0.3, -0.25) is 4.57 Å². The van der Waals surface area contributed by atoms with Crippen LogP contribution in [0.1, 0.15) is 0 Å². The fraction of sp³-hybridized carbons (Fsp3) is 0. The Hall–Kier alpha value is -2.33. The molecule has 0 amide bonds. The molecule has 2 rings (SSSR count). The largest absolute Gasteiger partial charge is 0.288 e. The van der Waals surface area contributed by atoms with Crippen LogP contribution < -0.4 is 0 Å². The Bertz CT molecular complexity index is 517. The quantitative estimate of drug-likeness (QED) is 0.548. The maximum atomic E-state index is 13.1. The van der Waals surface area contributed by atoms with Gasteiger partial charge in [0.15, 0.2) is 0 Å². The highest BCUT2D eigenvalue weighted by molar-refractivity contribution is 5.54. The smallest absolute Gasteiger partial charge is 0.240 e. The van der Waals surface area contributed by atoms with E-state index < -0.39 is 5.82 Å². The predicted octanol–water partition coefficient (Wildman–Crippen LogP) is 1.37. The van der Waals surface area contributed by atoms with Gasteiger partial charge in [0.2, 0.25) is 6.08 Å². The molecule has 0 spiro atoms. The zero-order valence-electron chi connectivity index (χ0n) is 7.46. The van der Waals surface area contributed by atoms with Crippen LogP contribution in [0.3, 0.4) is 0 Å². The molecule has 0 aliphatic rings. The second kappa shape index (κ2) is 3.81. The Kier molecular flexibility index (Phi) is 2.35. The molecule has 0 atom stereocenters. The molecule has 0 aliphatic carbocycles. The Morgan fingerprint density at radius 1 is 1.33 bits per heavy atom. The lowest BCUT2D eigenvalue weighted by molar-refractivity contribution is 0.564. The minimum Gasteiger partial charge on any atom is -0.288 e. The molecule has 0 saturated heterocycles. The van der Waals surface area contributed by atoms with Crippen molar-refractivity contribution in [2.24, 2.45) is 4.99 Å². The summed E-state index contributed by atoms with van der Waals surface area (Å²) < 4.78 is 14.7. The molecule has 1 aromatic carbocycles. The molecule has 0 unspecified atom stereocenters. The van der Waals surface area contributed by atoms with E-state index >= 15 is 0 Å². The molecule has 5 nitrogen and oxygen atoms in total. The third-order valence-electron chi connectivity index (χ3n) is 1.81. The second-order valence-corrected chi connectivity index (χ2v) is 2.71. The first-order chi connectivity index (χ1) is 7.31. The van der Waals surface area contributed by atoms with Crippen LogP contribution >= 0.6 is 0 Å². The van der Waals surface area contributed by atoms with Gasteiger partial charge in [0.25, 0.3) is 0 Å². The van der Waals surface area contributed by atoms with Crippen LogP contribution in [0.5, 0.6) is 0 Å². The normalized spacial score (nSPS) is 9.67.